The third-order valence-electron chi connectivity index (χ3n) is 7.49. The molecule has 2 aliphatic rings. The van der Waals surface area contributed by atoms with E-state index in [1.807, 2.05) is 44.1 Å². The lowest BCUT2D eigenvalue weighted by atomic mass is 9.77. The van der Waals surface area contributed by atoms with Crippen LogP contribution in [0.5, 0.6) is 0 Å². The zero-order chi connectivity index (χ0) is 25.3. The number of para-hydroxylation sites is 1. The van der Waals surface area contributed by atoms with Gasteiger partial charge in [0.1, 0.15) is 5.60 Å². The predicted molar refractivity (Wildman–Crippen MR) is 141 cm³/mol. The number of carbonyl (C=O) groups is 1. The molecule has 8 nitrogen and oxygen atoms in total. The molecule has 2 fully saturated rings. The van der Waals surface area contributed by atoms with E-state index in [1.54, 1.807) is 0 Å². The summed E-state index contributed by atoms with van der Waals surface area (Å²) in [7, 11) is 0. The van der Waals surface area contributed by atoms with Crippen LogP contribution in [0.3, 0.4) is 0 Å². The Kier molecular flexibility index (Phi) is 6.97. The van der Waals surface area contributed by atoms with Crippen molar-refractivity contribution in [2.24, 2.45) is 11.7 Å². The van der Waals surface area contributed by atoms with E-state index in [-0.39, 0.29) is 6.09 Å². The summed E-state index contributed by atoms with van der Waals surface area (Å²) in [5, 5.41) is 4.63. The van der Waals surface area contributed by atoms with Gasteiger partial charge in [0.15, 0.2) is 0 Å². The van der Waals surface area contributed by atoms with E-state index in [0.717, 1.165) is 54.0 Å². The van der Waals surface area contributed by atoms with Crippen LogP contribution in [0.1, 0.15) is 76.8 Å². The fourth-order valence-corrected chi connectivity index (χ4v) is 5.46. The molecule has 1 saturated heterocycles. The highest BCUT2D eigenvalue weighted by molar-refractivity contribution is 5.80. The second-order valence-electron chi connectivity index (χ2n) is 11.3. The predicted octanol–water partition coefficient (Wildman–Crippen LogP) is 5.30. The molecule has 1 aliphatic carbocycles. The number of likely N-dealkylation sites (tertiary alicyclic amines) is 1. The Morgan fingerprint density at radius 2 is 1.94 bits per heavy atom. The molecule has 1 amide bonds. The molecule has 0 unspecified atom stereocenters. The average molecular weight is 491 g/mol. The molecule has 192 valence electrons. The number of ether oxygens (including phenoxy) is 1. The Bertz CT molecular complexity index is 1200. The Balaban J connectivity index is 1.26. The van der Waals surface area contributed by atoms with Crippen molar-refractivity contribution >= 4 is 17.1 Å². The number of hydrogen-bond donors (Lipinski definition) is 1. The minimum Gasteiger partial charge on any atom is -0.444 e. The topological polar surface area (TPSA) is 99.2 Å². The highest BCUT2D eigenvalue weighted by atomic mass is 16.6. The number of piperidine rings is 1. The van der Waals surface area contributed by atoms with Crippen molar-refractivity contribution in [1.29, 1.82) is 0 Å². The van der Waals surface area contributed by atoms with Crippen LogP contribution in [0.2, 0.25) is 0 Å². The first kappa shape index (κ1) is 24.7. The van der Waals surface area contributed by atoms with Gasteiger partial charge in [-0.3, -0.25) is 9.67 Å². The molecule has 1 aromatic carbocycles. The van der Waals surface area contributed by atoms with Gasteiger partial charge in [-0.15, -0.1) is 0 Å². The zero-order valence-electron chi connectivity index (χ0n) is 21.7. The third-order valence-corrected chi connectivity index (χ3v) is 7.49. The van der Waals surface area contributed by atoms with E-state index >= 15 is 0 Å². The average Bonchev–Trinajstić information content (AvgIpc) is 3.31. The van der Waals surface area contributed by atoms with Crippen molar-refractivity contribution < 1.29 is 9.53 Å². The number of rotatable bonds is 6. The second kappa shape index (κ2) is 10.2. The zero-order valence-corrected chi connectivity index (χ0v) is 21.7. The van der Waals surface area contributed by atoms with Crippen molar-refractivity contribution in [3.63, 3.8) is 0 Å². The van der Waals surface area contributed by atoms with E-state index in [0.29, 0.717) is 25.0 Å². The molecule has 0 spiro atoms. The Labute approximate surface area is 213 Å². The van der Waals surface area contributed by atoms with Gasteiger partial charge < -0.3 is 15.4 Å². The molecule has 0 bridgehead atoms. The van der Waals surface area contributed by atoms with Gasteiger partial charge in [0, 0.05) is 24.8 Å². The highest BCUT2D eigenvalue weighted by Crippen LogP contribution is 2.40. The molecule has 3 heterocycles. The molecule has 5 rings (SSSR count). The van der Waals surface area contributed by atoms with Crippen molar-refractivity contribution in [3.8, 4) is 11.3 Å². The lowest BCUT2D eigenvalue weighted by Crippen LogP contribution is -2.41. The minimum atomic E-state index is -0.474. The summed E-state index contributed by atoms with van der Waals surface area (Å²) in [6, 6.07) is 6.73. The van der Waals surface area contributed by atoms with Gasteiger partial charge in [-0.2, -0.15) is 5.10 Å². The third kappa shape index (κ3) is 5.38. The first-order chi connectivity index (χ1) is 17.3. The second-order valence-corrected chi connectivity index (χ2v) is 11.3. The Morgan fingerprint density at radius 3 is 2.67 bits per heavy atom. The number of amides is 1. The number of nitrogens with two attached hydrogens (primary N) is 1. The molecular formula is C28H38N6O2. The van der Waals surface area contributed by atoms with Crippen molar-refractivity contribution in [3.05, 3.63) is 42.4 Å². The summed E-state index contributed by atoms with van der Waals surface area (Å²) < 4.78 is 7.64. The number of carbonyl (C=O) groups excluding carboxylic acids is 1. The molecule has 0 atom stereocenters. The van der Waals surface area contributed by atoms with Crippen LogP contribution in [0.25, 0.3) is 22.3 Å². The van der Waals surface area contributed by atoms with Crippen LogP contribution >= 0.6 is 0 Å². The molecule has 1 aliphatic heterocycles. The minimum absolute atomic E-state index is 0.225. The summed E-state index contributed by atoms with van der Waals surface area (Å²) >= 11 is 0. The lowest BCUT2D eigenvalue weighted by molar-refractivity contribution is 0.0205. The maximum absolute atomic E-state index is 12.4. The van der Waals surface area contributed by atoms with Crippen LogP contribution < -0.4 is 5.73 Å². The molecule has 3 aromatic rings. The van der Waals surface area contributed by atoms with Crippen LogP contribution in [-0.4, -0.2) is 56.0 Å². The standard InChI is InChI=1S/C28H38N6O2/c1-28(2,3)36-27(35)33-12-9-20(10-13-33)23-7-4-8-24-26(23)30-17-25(32-24)21-16-31-34(18-21)22-14-19(15-22)6-5-11-29/h4,7-8,16-20,22H,5-6,9-15,29H2,1-3H3. The lowest BCUT2D eigenvalue weighted by Gasteiger charge is -2.35. The highest BCUT2D eigenvalue weighted by Gasteiger charge is 2.31. The molecule has 2 aromatic heterocycles. The Hall–Kier alpha value is -3.00. The number of fused-ring (bicyclic) bond motifs is 1. The molecule has 8 heteroatoms. The van der Waals surface area contributed by atoms with Gasteiger partial charge in [0.25, 0.3) is 0 Å². The number of aromatic nitrogens is 4. The van der Waals surface area contributed by atoms with Gasteiger partial charge in [-0.05, 0) is 89.3 Å². The molecule has 0 radical (unpaired) electrons. The molecule has 2 N–H and O–H groups in total. The monoisotopic (exact) mass is 490 g/mol. The van der Waals surface area contributed by atoms with E-state index in [1.165, 1.54) is 24.8 Å². The number of benzene rings is 1. The largest absolute Gasteiger partial charge is 0.444 e. The Morgan fingerprint density at radius 1 is 1.17 bits per heavy atom. The van der Waals surface area contributed by atoms with Gasteiger partial charge in [-0.1, -0.05) is 12.1 Å². The van der Waals surface area contributed by atoms with E-state index in [9.17, 15) is 4.79 Å². The number of nitrogens with zero attached hydrogens (tertiary/aromatic N) is 5. The summed E-state index contributed by atoms with van der Waals surface area (Å²) in [5.74, 6) is 1.13. The van der Waals surface area contributed by atoms with Crippen molar-refractivity contribution in [1.82, 2.24) is 24.6 Å². The van der Waals surface area contributed by atoms with Crippen LogP contribution in [0, 0.1) is 5.92 Å². The fourth-order valence-electron chi connectivity index (χ4n) is 5.46. The van der Waals surface area contributed by atoms with Crippen LogP contribution in [0.15, 0.2) is 36.8 Å². The van der Waals surface area contributed by atoms with Crippen molar-refractivity contribution in [2.75, 3.05) is 19.6 Å². The molecule has 1 saturated carbocycles. The summed E-state index contributed by atoms with van der Waals surface area (Å²) in [6.07, 6.45) is 12.1. The SMILES string of the molecule is CC(C)(C)OC(=O)N1CCC(c2cccc3nc(-c4cnn(C5CC(CCCN)C5)c4)cnc23)CC1. The van der Waals surface area contributed by atoms with Crippen molar-refractivity contribution in [2.45, 2.75) is 76.9 Å². The van der Waals surface area contributed by atoms with E-state index in [2.05, 4.69) is 28.1 Å². The summed E-state index contributed by atoms with van der Waals surface area (Å²) in [4.78, 5) is 24.0. The summed E-state index contributed by atoms with van der Waals surface area (Å²) in [6.45, 7) is 7.86. The fraction of sp³-hybridized carbons (Fsp3) is 0.571. The van der Waals surface area contributed by atoms with Gasteiger partial charge >= 0.3 is 6.09 Å². The van der Waals surface area contributed by atoms with E-state index in [4.69, 9.17) is 20.4 Å². The van der Waals surface area contributed by atoms with Crippen LogP contribution in [0.4, 0.5) is 4.79 Å². The van der Waals surface area contributed by atoms with Gasteiger partial charge in [-0.25, -0.2) is 9.78 Å². The smallest absolute Gasteiger partial charge is 0.410 e. The quantitative estimate of drug-likeness (QED) is 0.503. The molecular weight excluding hydrogens is 452 g/mol. The first-order valence-corrected chi connectivity index (χ1v) is 13.3. The van der Waals surface area contributed by atoms with Gasteiger partial charge in [0.05, 0.1) is 35.2 Å². The maximum Gasteiger partial charge on any atom is 0.410 e. The maximum atomic E-state index is 12.4. The summed E-state index contributed by atoms with van der Waals surface area (Å²) in [5.41, 5.74) is 10.1. The first-order valence-electron chi connectivity index (χ1n) is 13.3. The van der Waals surface area contributed by atoms with E-state index < -0.39 is 5.60 Å². The normalized spacial score (nSPS) is 20.9. The molecule has 36 heavy (non-hydrogen) atoms. The number of hydrogen-bond acceptors (Lipinski definition) is 6. The van der Waals surface area contributed by atoms with Crippen LogP contribution in [-0.2, 0) is 4.74 Å². The van der Waals surface area contributed by atoms with Gasteiger partial charge in [0.2, 0.25) is 0 Å².